The molecule has 0 bridgehead atoms. The van der Waals surface area contributed by atoms with Gasteiger partial charge in [-0.3, -0.25) is 0 Å². The topological polar surface area (TPSA) is 43.8 Å². The smallest absolute Gasteiger partial charge is 0.123 e. The van der Waals surface area contributed by atoms with Gasteiger partial charge in [-0.2, -0.15) is 0 Å². The van der Waals surface area contributed by atoms with Crippen LogP contribution >= 0.6 is 0 Å². The van der Waals surface area contributed by atoms with Crippen LogP contribution in [0.15, 0.2) is 18.2 Å². The molecular formula is C11H13N3. The third kappa shape index (κ3) is 0.930. The summed E-state index contributed by atoms with van der Waals surface area (Å²) < 4.78 is 2.27. The summed E-state index contributed by atoms with van der Waals surface area (Å²) in [5.74, 6) is 1.02. The Labute approximate surface area is 82.5 Å². The quantitative estimate of drug-likeness (QED) is 0.734. The fraction of sp³-hybridized carbons (Fsp3) is 0.364. The fourth-order valence-electron chi connectivity index (χ4n) is 2.33. The van der Waals surface area contributed by atoms with Gasteiger partial charge >= 0.3 is 0 Å². The van der Waals surface area contributed by atoms with Gasteiger partial charge in [0.1, 0.15) is 5.82 Å². The van der Waals surface area contributed by atoms with Crippen LogP contribution in [0.2, 0.25) is 0 Å². The minimum absolute atomic E-state index is 0.536. The number of aromatic nitrogens is 2. The zero-order chi connectivity index (χ0) is 9.54. The average molecular weight is 187 g/mol. The average Bonchev–Trinajstić information content (AvgIpc) is 2.60. The van der Waals surface area contributed by atoms with Crippen molar-refractivity contribution in [1.82, 2.24) is 9.55 Å². The largest absolute Gasteiger partial charge is 0.327 e. The normalized spacial score (nSPS) is 14.9. The zero-order valence-electron chi connectivity index (χ0n) is 8.03. The SMILES string of the molecule is NCc1nc2cccc3c2n1CCC3. The van der Waals surface area contributed by atoms with E-state index in [1.54, 1.807) is 0 Å². The van der Waals surface area contributed by atoms with E-state index in [0.29, 0.717) is 6.54 Å². The Kier molecular flexibility index (Phi) is 1.61. The van der Waals surface area contributed by atoms with E-state index < -0.39 is 0 Å². The first-order chi connectivity index (χ1) is 6.90. The molecule has 3 heteroatoms. The molecule has 3 rings (SSSR count). The second kappa shape index (κ2) is 2.82. The van der Waals surface area contributed by atoms with Gasteiger partial charge in [-0.1, -0.05) is 12.1 Å². The van der Waals surface area contributed by atoms with Gasteiger partial charge in [0, 0.05) is 6.54 Å². The number of hydrogen-bond acceptors (Lipinski definition) is 2. The summed E-state index contributed by atoms with van der Waals surface area (Å²) >= 11 is 0. The summed E-state index contributed by atoms with van der Waals surface area (Å²) in [6.07, 6.45) is 2.38. The molecule has 14 heavy (non-hydrogen) atoms. The van der Waals surface area contributed by atoms with Gasteiger partial charge in [-0.05, 0) is 24.5 Å². The number of benzene rings is 1. The molecule has 1 aliphatic rings. The van der Waals surface area contributed by atoms with Crippen LogP contribution in [0.25, 0.3) is 11.0 Å². The van der Waals surface area contributed by atoms with E-state index in [0.717, 1.165) is 17.9 Å². The van der Waals surface area contributed by atoms with E-state index in [2.05, 4.69) is 27.8 Å². The lowest BCUT2D eigenvalue weighted by Gasteiger charge is -2.15. The summed E-state index contributed by atoms with van der Waals surface area (Å²) in [5.41, 5.74) is 9.50. The number of para-hydroxylation sites is 1. The molecule has 0 saturated carbocycles. The van der Waals surface area contributed by atoms with Gasteiger partial charge in [0.15, 0.2) is 0 Å². The summed E-state index contributed by atoms with van der Waals surface area (Å²) in [6, 6.07) is 6.35. The van der Waals surface area contributed by atoms with E-state index in [-0.39, 0.29) is 0 Å². The first kappa shape index (κ1) is 8.00. The first-order valence-corrected chi connectivity index (χ1v) is 5.07. The Morgan fingerprint density at radius 2 is 2.36 bits per heavy atom. The van der Waals surface area contributed by atoms with Gasteiger partial charge in [-0.25, -0.2) is 4.98 Å². The molecule has 0 spiro atoms. The molecule has 2 N–H and O–H groups in total. The molecule has 1 aliphatic heterocycles. The second-order valence-corrected chi connectivity index (χ2v) is 3.77. The molecule has 2 aromatic rings. The number of nitrogens with two attached hydrogens (primary N) is 1. The summed E-state index contributed by atoms with van der Waals surface area (Å²) in [6.45, 7) is 1.61. The van der Waals surface area contributed by atoms with Crippen LogP contribution in [0.1, 0.15) is 17.8 Å². The van der Waals surface area contributed by atoms with E-state index in [1.807, 2.05) is 0 Å². The zero-order valence-corrected chi connectivity index (χ0v) is 8.03. The van der Waals surface area contributed by atoms with Crippen LogP contribution < -0.4 is 5.73 Å². The highest BCUT2D eigenvalue weighted by molar-refractivity contribution is 5.80. The highest BCUT2D eigenvalue weighted by Crippen LogP contribution is 2.25. The molecule has 3 nitrogen and oxygen atoms in total. The number of imidazole rings is 1. The van der Waals surface area contributed by atoms with Crippen molar-refractivity contribution in [2.45, 2.75) is 25.9 Å². The molecule has 0 unspecified atom stereocenters. The van der Waals surface area contributed by atoms with Gasteiger partial charge in [0.2, 0.25) is 0 Å². The molecule has 0 amide bonds. The molecule has 72 valence electrons. The monoisotopic (exact) mass is 187 g/mol. The van der Waals surface area contributed by atoms with Crippen LogP contribution in [0.4, 0.5) is 0 Å². The molecule has 1 aromatic carbocycles. The Morgan fingerprint density at radius 3 is 3.21 bits per heavy atom. The second-order valence-electron chi connectivity index (χ2n) is 3.77. The van der Waals surface area contributed by atoms with E-state index in [9.17, 15) is 0 Å². The molecule has 0 saturated heterocycles. The predicted molar refractivity (Wildman–Crippen MR) is 55.9 cm³/mol. The molecular weight excluding hydrogens is 174 g/mol. The maximum atomic E-state index is 5.68. The third-order valence-electron chi connectivity index (χ3n) is 2.94. The maximum Gasteiger partial charge on any atom is 0.123 e. The predicted octanol–water partition coefficient (Wildman–Crippen LogP) is 1.44. The van der Waals surface area contributed by atoms with Crippen LogP contribution in [0.3, 0.4) is 0 Å². The number of nitrogens with zero attached hydrogens (tertiary/aromatic N) is 2. The standard InChI is InChI=1S/C11H13N3/c12-7-10-13-9-5-1-3-8-4-2-6-14(10)11(8)9/h1,3,5H,2,4,6-7,12H2. The van der Waals surface area contributed by atoms with Crippen LogP contribution in [0.5, 0.6) is 0 Å². The highest BCUT2D eigenvalue weighted by atomic mass is 15.1. The van der Waals surface area contributed by atoms with E-state index in [1.165, 1.54) is 23.9 Å². The van der Waals surface area contributed by atoms with E-state index in [4.69, 9.17) is 5.73 Å². The molecule has 0 radical (unpaired) electrons. The summed E-state index contributed by atoms with van der Waals surface area (Å²) in [5, 5.41) is 0. The van der Waals surface area contributed by atoms with Crippen molar-refractivity contribution in [2.75, 3.05) is 0 Å². The third-order valence-corrected chi connectivity index (χ3v) is 2.94. The summed E-state index contributed by atoms with van der Waals surface area (Å²) in [7, 11) is 0. The van der Waals surface area contributed by atoms with Crippen LogP contribution in [-0.2, 0) is 19.5 Å². The van der Waals surface area contributed by atoms with Crippen LogP contribution in [-0.4, -0.2) is 9.55 Å². The van der Waals surface area contributed by atoms with Crippen LogP contribution in [0, 0.1) is 0 Å². The molecule has 1 aromatic heterocycles. The molecule has 0 fully saturated rings. The first-order valence-electron chi connectivity index (χ1n) is 5.07. The Bertz CT molecular complexity index is 484. The number of aryl methyl sites for hydroxylation is 2. The van der Waals surface area contributed by atoms with E-state index >= 15 is 0 Å². The van der Waals surface area contributed by atoms with Crippen molar-refractivity contribution in [3.63, 3.8) is 0 Å². The minimum Gasteiger partial charge on any atom is -0.327 e. The molecule has 0 aliphatic carbocycles. The Balaban J connectivity index is 2.42. The minimum atomic E-state index is 0.536. The Hall–Kier alpha value is -1.35. The van der Waals surface area contributed by atoms with Gasteiger partial charge in [-0.15, -0.1) is 0 Å². The Morgan fingerprint density at radius 1 is 1.43 bits per heavy atom. The lowest BCUT2D eigenvalue weighted by molar-refractivity contribution is 0.604. The maximum absolute atomic E-state index is 5.68. The highest BCUT2D eigenvalue weighted by Gasteiger charge is 2.16. The van der Waals surface area contributed by atoms with Crippen molar-refractivity contribution >= 4 is 11.0 Å². The fourth-order valence-corrected chi connectivity index (χ4v) is 2.33. The van der Waals surface area contributed by atoms with Crippen molar-refractivity contribution < 1.29 is 0 Å². The van der Waals surface area contributed by atoms with Gasteiger partial charge in [0.05, 0.1) is 17.6 Å². The van der Waals surface area contributed by atoms with Crippen molar-refractivity contribution in [3.8, 4) is 0 Å². The molecule has 2 heterocycles. The lowest BCUT2D eigenvalue weighted by Crippen LogP contribution is -2.12. The van der Waals surface area contributed by atoms with Crippen molar-refractivity contribution in [3.05, 3.63) is 29.6 Å². The van der Waals surface area contributed by atoms with Crippen molar-refractivity contribution in [2.24, 2.45) is 5.73 Å². The van der Waals surface area contributed by atoms with Gasteiger partial charge in [0.25, 0.3) is 0 Å². The lowest BCUT2D eigenvalue weighted by atomic mass is 10.0. The van der Waals surface area contributed by atoms with Gasteiger partial charge < -0.3 is 10.3 Å². The number of rotatable bonds is 1. The van der Waals surface area contributed by atoms with Crippen molar-refractivity contribution in [1.29, 1.82) is 0 Å². The molecule has 0 atom stereocenters. The summed E-state index contributed by atoms with van der Waals surface area (Å²) in [4.78, 5) is 4.54. The number of hydrogen-bond donors (Lipinski definition) is 1.